The molecule has 0 spiro atoms. The number of carbonyl (C=O) groups excluding carboxylic acids is 2. The molecule has 1 aromatic carbocycles. The van der Waals surface area contributed by atoms with Crippen molar-refractivity contribution in [1.29, 1.82) is 0 Å². The van der Waals surface area contributed by atoms with Gasteiger partial charge in [0.1, 0.15) is 0 Å². The number of rotatable bonds is 7. The van der Waals surface area contributed by atoms with E-state index in [2.05, 4.69) is 6.92 Å². The monoisotopic (exact) mass is 410 g/mol. The molecule has 1 saturated heterocycles. The Balaban J connectivity index is 2.09. The van der Waals surface area contributed by atoms with Crippen molar-refractivity contribution in [3.8, 4) is 0 Å². The third-order valence-corrected chi connectivity index (χ3v) is 7.40. The highest BCUT2D eigenvalue weighted by Gasteiger charge is 2.26. The van der Waals surface area contributed by atoms with Crippen LogP contribution in [-0.4, -0.2) is 62.3 Å². The van der Waals surface area contributed by atoms with Crippen LogP contribution < -0.4 is 0 Å². The lowest BCUT2D eigenvalue weighted by molar-refractivity contribution is -0.135. The molecule has 1 amide bonds. The summed E-state index contributed by atoms with van der Waals surface area (Å²) >= 11 is 0. The summed E-state index contributed by atoms with van der Waals surface area (Å²) in [6.45, 7) is 9.08. The zero-order valence-electron chi connectivity index (χ0n) is 17.1. The van der Waals surface area contributed by atoms with Gasteiger partial charge in [-0.1, -0.05) is 26.8 Å². The molecule has 0 aliphatic carbocycles. The Bertz CT molecular complexity index is 810. The Hall–Kier alpha value is -1.93. The fourth-order valence-electron chi connectivity index (χ4n) is 3.27. The Morgan fingerprint density at radius 1 is 1.18 bits per heavy atom. The fraction of sp³-hybridized carbons (Fsp3) is 0.600. The molecule has 0 saturated carbocycles. The number of benzene rings is 1. The molecule has 156 valence electrons. The summed E-state index contributed by atoms with van der Waals surface area (Å²) in [5.41, 5.74) is 0.679. The minimum Gasteiger partial charge on any atom is -0.452 e. The average Bonchev–Trinajstić information content (AvgIpc) is 2.67. The summed E-state index contributed by atoms with van der Waals surface area (Å²) in [4.78, 5) is 26.4. The molecule has 0 aromatic heterocycles. The van der Waals surface area contributed by atoms with Crippen LogP contribution in [0.1, 0.15) is 49.5 Å². The number of piperidine rings is 1. The summed E-state index contributed by atoms with van der Waals surface area (Å²) < 4.78 is 32.1. The largest absolute Gasteiger partial charge is 0.452 e. The maximum atomic E-state index is 12.8. The van der Waals surface area contributed by atoms with Crippen LogP contribution in [0.25, 0.3) is 0 Å². The zero-order chi connectivity index (χ0) is 20.9. The Labute approximate surface area is 167 Å². The molecule has 2 rings (SSSR count). The van der Waals surface area contributed by atoms with E-state index in [1.54, 1.807) is 31.7 Å². The van der Waals surface area contributed by atoms with Gasteiger partial charge in [-0.2, -0.15) is 4.31 Å². The third kappa shape index (κ3) is 5.11. The van der Waals surface area contributed by atoms with Crippen LogP contribution in [0.5, 0.6) is 0 Å². The van der Waals surface area contributed by atoms with Crippen molar-refractivity contribution in [3.05, 3.63) is 29.3 Å². The topological polar surface area (TPSA) is 84.0 Å². The van der Waals surface area contributed by atoms with Gasteiger partial charge >= 0.3 is 5.97 Å². The molecule has 0 radical (unpaired) electrons. The number of nitrogens with zero attached hydrogens (tertiary/aromatic N) is 2. The number of amides is 1. The Morgan fingerprint density at radius 2 is 1.79 bits per heavy atom. The molecule has 28 heavy (non-hydrogen) atoms. The molecule has 1 aliphatic heterocycles. The normalized spacial score (nSPS) is 15.7. The molecule has 1 aromatic rings. The third-order valence-electron chi connectivity index (χ3n) is 5.21. The van der Waals surface area contributed by atoms with Crippen LogP contribution in [0.3, 0.4) is 0 Å². The van der Waals surface area contributed by atoms with E-state index in [9.17, 15) is 18.0 Å². The van der Waals surface area contributed by atoms with Gasteiger partial charge in [-0.25, -0.2) is 13.2 Å². The number of ether oxygens (including phenoxy) is 1. The van der Waals surface area contributed by atoms with Gasteiger partial charge in [0.25, 0.3) is 5.91 Å². The van der Waals surface area contributed by atoms with Crippen molar-refractivity contribution in [2.24, 2.45) is 5.92 Å². The van der Waals surface area contributed by atoms with Gasteiger partial charge in [0.15, 0.2) is 6.61 Å². The van der Waals surface area contributed by atoms with E-state index in [0.29, 0.717) is 37.7 Å². The molecule has 7 nitrogen and oxygen atoms in total. The first kappa shape index (κ1) is 22.4. The number of carbonyl (C=O) groups is 2. The van der Waals surface area contributed by atoms with Gasteiger partial charge in [0.2, 0.25) is 10.0 Å². The quantitative estimate of drug-likeness (QED) is 0.645. The van der Waals surface area contributed by atoms with Crippen LogP contribution in [0.4, 0.5) is 0 Å². The van der Waals surface area contributed by atoms with Gasteiger partial charge in [0.05, 0.1) is 10.5 Å². The van der Waals surface area contributed by atoms with E-state index in [4.69, 9.17) is 4.74 Å². The highest BCUT2D eigenvalue weighted by atomic mass is 32.2. The van der Waals surface area contributed by atoms with E-state index in [0.717, 1.165) is 12.8 Å². The van der Waals surface area contributed by atoms with E-state index in [1.807, 2.05) is 0 Å². The van der Waals surface area contributed by atoms with Gasteiger partial charge in [0, 0.05) is 26.2 Å². The van der Waals surface area contributed by atoms with E-state index < -0.39 is 16.0 Å². The van der Waals surface area contributed by atoms with Gasteiger partial charge < -0.3 is 9.64 Å². The smallest absolute Gasteiger partial charge is 0.338 e. The number of hydrogen-bond acceptors (Lipinski definition) is 5. The van der Waals surface area contributed by atoms with E-state index in [-0.39, 0.29) is 23.0 Å². The van der Waals surface area contributed by atoms with Crippen molar-refractivity contribution in [3.63, 3.8) is 0 Å². The summed E-state index contributed by atoms with van der Waals surface area (Å²) in [7, 11) is -3.69. The van der Waals surface area contributed by atoms with Crippen LogP contribution in [-0.2, 0) is 19.6 Å². The molecule has 1 heterocycles. The summed E-state index contributed by atoms with van der Waals surface area (Å²) in [6.07, 6.45) is 1.90. The van der Waals surface area contributed by atoms with Crippen LogP contribution in [0, 0.1) is 12.8 Å². The number of sulfonamides is 1. The summed E-state index contributed by atoms with van der Waals surface area (Å²) in [6, 6.07) is 4.44. The number of aryl methyl sites for hydroxylation is 1. The van der Waals surface area contributed by atoms with Crippen molar-refractivity contribution in [1.82, 2.24) is 9.21 Å². The lowest BCUT2D eigenvalue weighted by atomic mass is 9.99. The standard InChI is InChI=1S/C20H30N2O5S/c1-5-22(6-2)28(25,26)18-13-17(8-7-16(18)4)20(24)27-14-19(23)21-11-9-15(3)10-12-21/h7-8,13,15H,5-6,9-12,14H2,1-4H3. The molecular weight excluding hydrogens is 380 g/mol. The second kappa shape index (κ2) is 9.52. The van der Waals surface area contributed by atoms with Gasteiger partial charge in [-0.05, 0) is 43.4 Å². The SMILES string of the molecule is CCN(CC)S(=O)(=O)c1cc(C(=O)OCC(=O)N2CCC(C)CC2)ccc1C. The number of esters is 1. The van der Waals surface area contributed by atoms with Crippen molar-refractivity contribution in [2.75, 3.05) is 32.8 Å². The average molecular weight is 411 g/mol. The molecule has 1 aliphatic rings. The first-order chi connectivity index (χ1) is 13.2. The molecular formula is C20H30N2O5S. The summed E-state index contributed by atoms with van der Waals surface area (Å²) in [5.74, 6) is -0.316. The minimum atomic E-state index is -3.69. The molecule has 0 bridgehead atoms. The molecule has 8 heteroatoms. The minimum absolute atomic E-state index is 0.0852. The second-order valence-electron chi connectivity index (χ2n) is 7.21. The summed E-state index contributed by atoms with van der Waals surface area (Å²) in [5, 5.41) is 0. The van der Waals surface area contributed by atoms with Crippen LogP contribution >= 0.6 is 0 Å². The first-order valence-electron chi connectivity index (χ1n) is 9.76. The van der Waals surface area contributed by atoms with Crippen LogP contribution in [0.15, 0.2) is 23.1 Å². The molecule has 0 N–H and O–H groups in total. The maximum Gasteiger partial charge on any atom is 0.338 e. The van der Waals surface area contributed by atoms with Crippen molar-refractivity contribution < 1.29 is 22.7 Å². The predicted molar refractivity (Wildman–Crippen MR) is 107 cm³/mol. The zero-order valence-corrected chi connectivity index (χ0v) is 17.9. The maximum absolute atomic E-state index is 12.8. The van der Waals surface area contributed by atoms with E-state index in [1.165, 1.54) is 16.4 Å². The second-order valence-corrected chi connectivity index (χ2v) is 9.12. The predicted octanol–water partition coefficient (Wildman–Crippen LogP) is 2.44. The molecule has 1 fully saturated rings. The number of likely N-dealkylation sites (tertiary alicyclic amines) is 1. The first-order valence-corrected chi connectivity index (χ1v) is 11.2. The number of hydrogen-bond donors (Lipinski definition) is 0. The lowest BCUT2D eigenvalue weighted by Crippen LogP contribution is -2.40. The Morgan fingerprint density at radius 3 is 2.36 bits per heavy atom. The fourth-order valence-corrected chi connectivity index (χ4v) is 4.98. The van der Waals surface area contributed by atoms with Crippen molar-refractivity contribution >= 4 is 21.9 Å². The lowest BCUT2D eigenvalue weighted by Gasteiger charge is -2.30. The van der Waals surface area contributed by atoms with Gasteiger partial charge in [-0.15, -0.1) is 0 Å². The highest BCUT2D eigenvalue weighted by molar-refractivity contribution is 7.89. The van der Waals surface area contributed by atoms with Crippen LogP contribution in [0.2, 0.25) is 0 Å². The van der Waals surface area contributed by atoms with E-state index >= 15 is 0 Å². The van der Waals surface area contributed by atoms with Crippen molar-refractivity contribution in [2.45, 2.75) is 45.4 Å². The van der Waals surface area contributed by atoms with Gasteiger partial charge in [-0.3, -0.25) is 4.79 Å². The highest BCUT2D eigenvalue weighted by Crippen LogP contribution is 2.22. The molecule has 0 atom stereocenters. The Kier molecular flexibility index (Phi) is 7.60. The molecule has 0 unspecified atom stereocenters.